The van der Waals surface area contributed by atoms with Crippen LogP contribution in [0.5, 0.6) is 0 Å². The maximum absolute atomic E-state index is 5.42. The summed E-state index contributed by atoms with van der Waals surface area (Å²) < 4.78 is 5.42. The van der Waals surface area contributed by atoms with E-state index < -0.39 is 0 Å². The van der Waals surface area contributed by atoms with Gasteiger partial charge in [0.25, 0.3) is 0 Å². The molecule has 0 aliphatic carbocycles. The van der Waals surface area contributed by atoms with E-state index in [1.807, 2.05) is 0 Å². The van der Waals surface area contributed by atoms with Crippen LogP contribution < -0.4 is 5.32 Å². The summed E-state index contributed by atoms with van der Waals surface area (Å²) in [6.45, 7) is 24.2. The van der Waals surface area contributed by atoms with Crippen molar-refractivity contribution in [1.29, 1.82) is 0 Å². The first kappa shape index (κ1) is 31.7. The van der Waals surface area contributed by atoms with Gasteiger partial charge in [0.1, 0.15) is 0 Å². The topological polar surface area (TPSA) is 21.3 Å². The van der Waals surface area contributed by atoms with Crippen LogP contribution in [0.1, 0.15) is 110 Å². The van der Waals surface area contributed by atoms with Crippen molar-refractivity contribution in [2.75, 3.05) is 13.2 Å². The highest BCUT2D eigenvalue weighted by molar-refractivity contribution is 4.62. The summed E-state index contributed by atoms with van der Waals surface area (Å²) in [6, 6.07) is 0.639. The molecule has 0 bridgehead atoms. The standard InChI is InChI=1S/C11H25N.C9H20O.2CH4/c1-10(2)12-9-7-6-8-11(3,4)5;1-8(2)10-7-6-9(3,4)5;;/h10,12H,6-9H2,1-5H3;8H,6-7H2,1-5H3;2*1H4. The Balaban J connectivity index is -0.000000156. The molecule has 0 atom stereocenters. The number of hydrogen-bond donors (Lipinski definition) is 1. The third-order valence-corrected chi connectivity index (χ3v) is 3.21. The molecule has 0 aliphatic heterocycles. The largest absolute Gasteiger partial charge is 0.379 e. The van der Waals surface area contributed by atoms with Crippen LogP contribution in [0.4, 0.5) is 0 Å². The summed E-state index contributed by atoms with van der Waals surface area (Å²) in [6.07, 6.45) is 5.53. The molecule has 0 aliphatic rings. The predicted octanol–water partition coefficient (Wildman–Crippen LogP) is 7.32. The van der Waals surface area contributed by atoms with E-state index >= 15 is 0 Å². The second kappa shape index (κ2) is 16.4. The van der Waals surface area contributed by atoms with E-state index in [0.29, 0.717) is 23.0 Å². The molecule has 0 saturated carbocycles. The minimum atomic E-state index is 0. The molecule has 0 aromatic carbocycles. The van der Waals surface area contributed by atoms with Crippen molar-refractivity contribution in [3.05, 3.63) is 0 Å². The van der Waals surface area contributed by atoms with E-state index in [-0.39, 0.29) is 14.9 Å². The molecule has 2 nitrogen and oxygen atoms in total. The molecule has 152 valence electrons. The molecule has 0 aromatic heterocycles. The predicted molar refractivity (Wildman–Crippen MR) is 115 cm³/mol. The Morgan fingerprint density at radius 2 is 1.21 bits per heavy atom. The smallest absolute Gasteiger partial charge is 0.0518 e. The number of hydrogen-bond acceptors (Lipinski definition) is 2. The molecule has 0 heterocycles. The van der Waals surface area contributed by atoms with E-state index in [2.05, 4.69) is 74.6 Å². The van der Waals surface area contributed by atoms with E-state index in [1.165, 1.54) is 25.8 Å². The number of nitrogens with one attached hydrogen (secondary N) is 1. The van der Waals surface area contributed by atoms with Gasteiger partial charge in [0, 0.05) is 12.6 Å². The van der Waals surface area contributed by atoms with Gasteiger partial charge in [0.15, 0.2) is 0 Å². The van der Waals surface area contributed by atoms with E-state index in [9.17, 15) is 0 Å². The maximum atomic E-state index is 5.42. The Bertz CT molecular complexity index is 233. The lowest BCUT2D eigenvalue weighted by molar-refractivity contribution is 0.0604. The van der Waals surface area contributed by atoms with Crippen molar-refractivity contribution in [1.82, 2.24) is 5.32 Å². The van der Waals surface area contributed by atoms with Gasteiger partial charge in [-0.1, -0.05) is 76.7 Å². The van der Waals surface area contributed by atoms with Crippen LogP contribution in [0.3, 0.4) is 0 Å². The van der Waals surface area contributed by atoms with Gasteiger partial charge in [-0.05, 0) is 50.5 Å². The molecule has 24 heavy (non-hydrogen) atoms. The fourth-order valence-electron chi connectivity index (χ4n) is 1.77. The van der Waals surface area contributed by atoms with E-state index in [1.54, 1.807) is 0 Å². The minimum absolute atomic E-state index is 0. The minimum Gasteiger partial charge on any atom is -0.379 e. The van der Waals surface area contributed by atoms with Crippen LogP contribution in [-0.2, 0) is 4.74 Å². The van der Waals surface area contributed by atoms with Gasteiger partial charge in [-0.3, -0.25) is 0 Å². The SMILES string of the molecule is C.C.CC(C)NCCCCC(C)(C)C.CC(C)OCCC(C)(C)C. The van der Waals surface area contributed by atoms with Crippen molar-refractivity contribution in [3.8, 4) is 0 Å². The lowest BCUT2D eigenvalue weighted by atomic mass is 9.90. The number of unbranched alkanes of at least 4 members (excludes halogenated alkanes) is 1. The molecule has 0 radical (unpaired) electrons. The van der Waals surface area contributed by atoms with Gasteiger partial charge >= 0.3 is 0 Å². The van der Waals surface area contributed by atoms with E-state index in [0.717, 1.165) is 13.0 Å². The Labute approximate surface area is 156 Å². The third kappa shape index (κ3) is 37.9. The molecular weight excluding hydrogens is 294 g/mol. The zero-order valence-electron chi connectivity index (χ0n) is 17.3. The van der Waals surface area contributed by atoms with Crippen molar-refractivity contribution < 1.29 is 4.74 Å². The van der Waals surface area contributed by atoms with Crippen LogP contribution >= 0.6 is 0 Å². The van der Waals surface area contributed by atoms with Crippen molar-refractivity contribution in [2.24, 2.45) is 10.8 Å². The summed E-state index contributed by atoms with van der Waals surface area (Å²) in [5.74, 6) is 0. The molecular formula is C22H53NO. The zero-order chi connectivity index (χ0) is 17.8. The van der Waals surface area contributed by atoms with Gasteiger partial charge in [0.2, 0.25) is 0 Å². The Hall–Kier alpha value is -0.0800. The molecule has 2 heteroatoms. The molecule has 1 N–H and O–H groups in total. The fraction of sp³-hybridized carbons (Fsp3) is 1.00. The third-order valence-electron chi connectivity index (χ3n) is 3.21. The van der Waals surface area contributed by atoms with Crippen LogP contribution in [-0.4, -0.2) is 25.3 Å². The molecule has 0 rings (SSSR count). The second-order valence-corrected chi connectivity index (χ2v) is 9.36. The maximum Gasteiger partial charge on any atom is 0.0518 e. The molecule has 0 unspecified atom stereocenters. The monoisotopic (exact) mass is 347 g/mol. The summed E-state index contributed by atoms with van der Waals surface area (Å²) in [5, 5.41) is 3.43. The Kier molecular flexibility index (Phi) is 21.6. The summed E-state index contributed by atoms with van der Waals surface area (Å²) >= 11 is 0. The highest BCUT2D eigenvalue weighted by Crippen LogP contribution is 2.21. The van der Waals surface area contributed by atoms with E-state index in [4.69, 9.17) is 4.74 Å². The molecule has 0 aromatic rings. The van der Waals surface area contributed by atoms with Crippen molar-refractivity contribution in [3.63, 3.8) is 0 Å². The van der Waals surface area contributed by atoms with Crippen LogP contribution in [0, 0.1) is 10.8 Å². The number of ether oxygens (including phenoxy) is 1. The van der Waals surface area contributed by atoms with Crippen molar-refractivity contribution in [2.45, 2.75) is 122 Å². The first-order chi connectivity index (χ1) is 9.83. The highest BCUT2D eigenvalue weighted by atomic mass is 16.5. The molecule has 0 spiro atoms. The van der Waals surface area contributed by atoms with Gasteiger partial charge < -0.3 is 10.1 Å². The zero-order valence-corrected chi connectivity index (χ0v) is 17.3. The summed E-state index contributed by atoms with van der Waals surface area (Å²) in [7, 11) is 0. The van der Waals surface area contributed by atoms with Crippen LogP contribution in [0.15, 0.2) is 0 Å². The van der Waals surface area contributed by atoms with Gasteiger partial charge in [-0.25, -0.2) is 0 Å². The average Bonchev–Trinajstić information content (AvgIpc) is 2.24. The Morgan fingerprint density at radius 1 is 0.750 bits per heavy atom. The van der Waals surface area contributed by atoms with Gasteiger partial charge in [-0.2, -0.15) is 0 Å². The van der Waals surface area contributed by atoms with Gasteiger partial charge in [0.05, 0.1) is 6.10 Å². The van der Waals surface area contributed by atoms with Crippen LogP contribution in [0.2, 0.25) is 0 Å². The summed E-state index contributed by atoms with van der Waals surface area (Å²) in [4.78, 5) is 0. The molecule has 0 saturated heterocycles. The number of rotatable bonds is 8. The Morgan fingerprint density at radius 3 is 1.54 bits per heavy atom. The lowest BCUT2D eigenvalue weighted by Gasteiger charge is -2.18. The van der Waals surface area contributed by atoms with Crippen LogP contribution in [0.25, 0.3) is 0 Å². The quantitative estimate of drug-likeness (QED) is 0.464. The first-order valence-electron chi connectivity index (χ1n) is 9.18. The highest BCUT2D eigenvalue weighted by Gasteiger charge is 2.09. The van der Waals surface area contributed by atoms with Gasteiger partial charge in [-0.15, -0.1) is 0 Å². The summed E-state index contributed by atoms with van der Waals surface area (Å²) in [5.41, 5.74) is 0.923. The molecule has 0 amide bonds. The normalized spacial score (nSPS) is 11.5. The lowest BCUT2D eigenvalue weighted by Crippen LogP contribution is -2.23. The molecule has 0 fully saturated rings. The first-order valence-corrected chi connectivity index (χ1v) is 9.18. The fourth-order valence-corrected chi connectivity index (χ4v) is 1.77. The second-order valence-electron chi connectivity index (χ2n) is 9.36. The average molecular weight is 348 g/mol. The van der Waals surface area contributed by atoms with Crippen molar-refractivity contribution >= 4 is 0 Å².